The van der Waals surface area contributed by atoms with Gasteiger partial charge in [0.1, 0.15) is 34.8 Å². The Balaban J connectivity index is 1.19. The van der Waals surface area contributed by atoms with E-state index in [1.165, 1.54) is 23.2 Å². The lowest BCUT2D eigenvalue weighted by Crippen LogP contribution is -2.60. The van der Waals surface area contributed by atoms with Gasteiger partial charge in [-0.15, -0.1) is 11.3 Å². The molecule has 26 heteroatoms. The minimum atomic E-state index is -1.45. The van der Waals surface area contributed by atoms with E-state index in [4.69, 9.17) is 24.7 Å². The molecule has 0 bridgehead atoms. The number of rotatable bonds is 37. The molecule has 8 N–H and O–H groups in total. The van der Waals surface area contributed by atoms with E-state index in [0.29, 0.717) is 55.7 Å². The van der Waals surface area contributed by atoms with Gasteiger partial charge in [0, 0.05) is 76.5 Å². The van der Waals surface area contributed by atoms with Gasteiger partial charge in [-0.2, -0.15) is 0 Å². The van der Waals surface area contributed by atoms with Crippen LogP contribution in [0.4, 0.5) is 25.8 Å². The van der Waals surface area contributed by atoms with Crippen molar-refractivity contribution < 1.29 is 62.1 Å². The summed E-state index contributed by atoms with van der Waals surface area (Å²) in [5.41, 5.74) is 6.30. The standard InChI is InChI=1S/C74H112N12O13S/c1-18-48(7)62(58(96-16)44-59(87)86-40-26-32-57(86)63(97-17)49(8)64(88)79-56(67-76-39-42-100-67)43-51-27-21-20-22-28-51)85(15)68(91)60(46(3)4)81-66(90)61(47(5)6)83(13)41-37-50-33-35-53(36-34-50)84(14)72(95)98-45-52-29-23-24-30-54(52)78-65(89)55(31-25-38-77-70(75)93)80-69(92)74(12,19-2)82-71(94)99-73(9,10)11/h20-24,27-30,33-36,39,42,46-49,55-58,60-63H,18-19,25-26,31-32,37-38,40-41,43-45H2,1-17H3,(H,78,89)(H,79,88)(H,80,92)(H,81,90)(H,82,94)(H3,75,77,93)/t48-,49+,55-,56-,57-,58+,60-,61-,62-,63+,74-/m0/s1. The number of urea groups is 1. The zero-order valence-electron chi connectivity index (χ0n) is 61.8. The Hall–Kier alpha value is -8.20. The number of likely N-dealkylation sites (N-methyl/N-ethyl adjacent to an activating group) is 2. The Morgan fingerprint density at radius 1 is 0.790 bits per heavy atom. The first-order chi connectivity index (χ1) is 47.3. The average Bonchev–Trinajstić information content (AvgIpc) is 1.49. The fraction of sp³-hybridized carbons (Fsp3) is 0.595. The van der Waals surface area contributed by atoms with E-state index in [0.717, 1.165) is 22.6 Å². The number of nitrogens with zero attached hydrogens (tertiary/aromatic N) is 5. The molecule has 0 unspecified atom stereocenters. The Morgan fingerprint density at radius 3 is 2.05 bits per heavy atom. The fourth-order valence-electron chi connectivity index (χ4n) is 12.6. The summed E-state index contributed by atoms with van der Waals surface area (Å²) in [6, 6.07) is 19.4. The summed E-state index contributed by atoms with van der Waals surface area (Å²) >= 11 is 1.48. The number of para-hydroxylation sites is 1. The molecule has 10 amide bonds. The summed E-state index contributed by atoms with van der Waals surface area (Å²) in [5.74, 6) is -3.38. The second-order valence-corrected chi connectivity index (χ2v) is 29.0. The van der Waals surface area contributed by atoms with Gasteiger partial charge in [-0.05, 0) is 127 Å². The molecule has 0 spiro atoms. The number of likely N-dealkylation sites (tertiary alicyclic amines) is 1. The van der Waals surface area contributed by atoms with Gasteiger partial charge in [-0.1, -0.05) is 122 Å². The van der Waals surface area contributed by atoms with Gasteiger partial charge in [-0.25, -0.2) is 19.4 Å². The lowest BCUT2D eigenvalue weighted by molar-refractivity contribution is -0.148. The SMILES string of the molecule is CC[C@H](C)[C@@H]([C@@H](CC(=O)N1CCC[C@H]1[C@H](OC)[C@@H](C)C(=O)N[C@@H](Cc1ccccc1)c1nccs1)OC)N(C)C(=O)[C@@H](NC(=O)[C@H](C(C)C)N(C)CCc1ccc(N(C)C(=O)OCc2ccccc2NC(=O)[C@H](CCCNC(N)=O)NC(=O)[C@](C)(CC)NC(=O)OC(C)(C)C)cc1)C(C)C. The number of alkyl carbamates (subject to hydrolysis) is 1. The van der Waals surface area contributed by atoms with E-state index in [9.17, 15) is 43.2 Å². The maximum absolute atomic E-state index is 14.9. The molecule has 3 aromatic carbocycles. The van der Waals surface area contributed by atoms with Gasteiger partial charge in [0.25, 0.3) is 0 Å². The van der Waals surface area contributed by atoms with Crippen molar-refractivity contribution in [2.24, 2.45) is 29.4 Å². The minimum absolute atomic E-state index is 0.0262. The van der Waals surface area contributed by atoms with Crippen molar-refractivity contribution in [1.82, 2.24) is 46.3 Å². The molecule has 1 aromatic heterocycles. The Labute approximate surface area is 595 Å². The van der Waals surface area contributed by atoms with E-state index in [-0.39, 0.29) is 92.3 Å². The van der Waals surface area contributed by atoms with Crippen LogP contribution in [0.25, 0.3) is 0 Å². The predicted octanol–water partition coefficient (Wildman–Crippen LogP) is 9.14. The Kier molecular flexibility index (Phi) is 32.3. The number of benzene rings is 3. The molecule has 11 atom stereocenters. The van der Waals surface area contributed by atoms with E-state index in [2.05, 4.69) is 36.9 Å². The third-order valence-electron chi connectivity index (χ3n) is 18.8. The second kappa shape index (κ2) is 39.1. The molecule has 1 aliphatic rings. The number of thiazole rings is 1. The Morgan fingerprint density at radius 2 is 1.46 bits per heavy atom. The number of amides is 10. The van der Waals surface area contributed by atoms with Gasteiger partial charge < -0.3 is 66.4 Å². The first-order valence-corrected chi connectivity index (χ1v) is 35.8. The van der Waals surface area contributed by atoms with Crippen molar-refractivity contribution >= 4 is 76.4 Å². The monoisotopic (exact) mass is 1410 g/mol. The maximum atomic E-state index is 14.9. The van der Waals surface area contributed by atoms with E-state index in [1.807, 2.05) is 113 Å². The zero-order chi connectivity index (χ0) is 74.2. The van der Waals surface area contributed by atoms with Crippen LogP contribution in [0.3, 0.4) is 0 Å². The third-order valence-corrected chi connectivity index (χ3v) is 19.7. The molecule has 1 fully saturated rings. The van der Waals surface area contributed by atoms with Crippen LogP contribution in [0.2, 0.25) is 0 Å². The molecule has 0 saturated carbocycles. The van der Waals surface area contributed by atoms with Gasteiger partial charge in [-0.3, -0.25) is 38.6 Å². The van der Waals surface area contributed by atoms with Crippen LogP contribution in [0.1, 0.15) is 156 Å². The van der Waals surface area contributed by atoms with Crippen molar-refractivity contribution in [2.45, 2.75) is 207 Å². The number of primary amides is 1. The number of anilines is 2. The highest BCUT2D eigenvalue weighted by atomic mass is 32.1. The number of methoxy groups -OCH3 is 2. The third kappa shape index (κ3) is 24.0. The van der Waals surface area contributed by atoms with E-state index in [1.54, 1.807) is 104 Å². The van der Waals surface area contributed by atoms with E-state index < -0.39 is 83.5 Å². The minimum Gasteiger partial charge on any atom is -0.444 e. The Bertz CT molecular complexity index is 3300. The normalized spacial score (nSPS) is 16.5. The van der Waals surface area contributed by atoms with Crippen molar-refractivity contribution in [3.8, 4) is 0 Å². The van der Waals surface area contributed by atoms with Gasteiger partial charge in [0.2, 0.25) is 35.4 Å². The van der Waals surface area contributed by atoms with Crippen LogP contribution < -0.4 is 42.5 Å². The van der Waals surface area contributed by atoms with Crippen LogP contribution in [0.15, 0.2) is 90.4 Å². The molecule has 100 heavy (non-hydrogen) atoms. The molecule has 5 rings (SSSR count). The summed E-state index contributed by atoms with van der Waals surface area (Å²) in [4.78, 5) is 135. The van der Waals surface area contributed by atoms with Crippen LogP contribution >= 0.6 is 11.3 Å². The molecular weight excluding hydrogens is 1300 g/mol. The zero-order valence-corrected chi connectivity index (χ0v) is 62.6. The van der Waals surface area contributed by atoms with E-state index >= 15 is 0 Å². The summed E-state index contributed by atoms with van der Waals surface area (Å²) in [5, 5.41) is 19.8. The largest absolute Gasteiger partial charge is 0.444 e. The summed E-state index contributed by atoms with van der Waals surface area (Å²) < 4.78 is 23.4. The van der Waals surface area contributed by atoms with Crippen molar-refractivity contribution in [2.75, 3.05) is 65.2 Å². The topological polar surface area (TPSA) is 315 Å². The molecule has 25 nitrogen and oxygen atoms in total. The number of ether oxygens (including phenoxy) is 4. The quantitative estimate of drug-likeness (QED) is 0.0207. The number of hydrogen-bond donors (Lipinski definition) is 7. The van der Waals surface area contributed by atoms with Crippen LogP contribution in [-0.2, 0) is 67.2 Å². The highest BCUT2D eigenvalue weighted by Gasteiger charge is 2.44. The molecule has 2 heterocycles. The molecule has 552 valence electrons. The van der Waals surface area contributed by atoms with Crippen LogP contribution in [0, 0.1) is 23.7 Å². The van der Waals surface area contributed by atoms with Crippen molar-refractivity contribution in [3.05, 3.63) is 112 Å². The summed E-state index contributed by atoms with van der Waals surface area (Å²) in [6.07, 6.45) is 2.57. The number of aromatic nitrogens is 1. The van der Waals surface area contributed by atoms with Gasteiger partial charge in [0.15, 0.2) is 0 Å². The predicted molar refractivity (Wildman–Crippen MR) is 388 cm³/mol. The number of hydrogen-bond acceptors (Lipinski definition) is 16. The lowest BCUT2D eigenvalue weighted by atomic mass is 9.89. The molecule has 1 aliphatic heterocycles. The molecule has 0 aliphatic carbocycles. The fourth-order valence-corrected chi connectivity index (χ4v) is 13.3. The molecule has 1 saturated heterocycles. The highest BCUT2D eigenvalue weighted by molar-refractivity contribution is 7.09. The van der Waals surface area contributed by atoms with Crippen LogP contribution in [0.5, 0.6) is 0 Å². The molecule has 4 aromatic rings. The van der Waals surface area contributed by atoms with Crippen molar-refractivity contribution in [3.63, 3.8) is 0 Å². The number of nitrogens with one attached hydrogen (secondary N) is 6. The second-order valence-electron chi connectivity index (χ2n) is 28.1. The maximum Gasteiger partial charge on any atom is 0.414 e. The number of carbonyl (C=O) groups excluding carboxylic acids is 9. The van der Waals surface area contributed by atoms with Gasteiger partial charge in [0.05, 0.1) is 48.7 Å². The van der Waals surface area contributed by atoms with Crippen LogP contribution in [-0.4, -0.2) is 182 Å². The molecule has 0 radical (unpaired) electrons. The average molecular weight is 1410 g/mol. The summed E-state index contributed by atoms with van der Waals surface area (Å²) in [7, 11) is 8.31. The van der Waals surface area contributed by atoms with Gasteiger partial charge >= 0.3 is 18.2 Å². The highest BCUT2D eigenvalue weighted by Crippen LogP contribution is 2.32. The number of carbonyl (C=O) groups is 9. The lowest BCUT2D eigenvalue weighted by Gasteiger charge is -2.41. The molecular formula is C74H112N12O13S. The van der Waals surface area contributed by atoms with Crippen molar-refractivity contribution in [1.29, 1.82) is 0 Å². The first-order valence-electron chi connectivity index (χ1n) is 34.9. The summed E-state index contributed by atoms with van der Waals surface area (Å²) in [6.45, 7) is 22.8. The smallest absolute Gasteiger partial charge is 0.414 e. The number of nitrogens with two attached hydrogens (primary N) is 1. The first kappa shape index (κ1) is 82.5.